The summed E-state index contributed by atoms with van der Waals surface area (Å²) in [5.74, 6) is 1.40. The lowest BCUT2D eigenvalue weighted by atomic mass is 10.0. The molecule has 0 spiro atoms. The third-order valence-corrected chi connectivity index (χ3v) is 3.02. The molecule has 0 aliphatic rings. The Balaban J connectivity index is 2.22. The number of anilines is 1. The molecule has 0 saturated heterocycles. The minimum absolute atomic E-state index is 0.155. The molecule has 21 heavy (non-hydrogen) atoms. The number of aromatic nitrogens is 3. The van der Waals surface area contributed by atoms with Crippen LogP contribution in [0.2, 0.25) is 0 Å². The molecule has 0 atom stereocenters. The Morgan fingerprint density at radius 1 is 1.29 bits per heavy atom. The Morgan fingerprint density at radius 3 is 2.67 bits per heavy atom. The van der Waals surface area contributed by atoms with Gasteiger partial charge < -0.3 is 10.2 Å². The van der Waals surface area contributed by atoms with Gasteiger partial charge in [-0.15, -0.1) is 0 Å². The van der Waals surface area contributed by atoms with Crippen molar-refractivity contribution in [1.29, 1.82) is 5.26 Å². The van der Waals surface area contributed by atoms with E-state index >= 15 is 0 Å². The predicted octanol–water partition coefficient (Wildman–Crippen LogP) is 2.56. The molecule has 0 radical (unpaired) electrons. The molecule has 0 aromatic carbocycles. The highest BCUT2D eigenvalue weighted by atomic mass is 16.3. The zero-order chi connectivity index (χ0) is 14.8. The summed E-state index contributed by atoms with van der Waals surface area (Å²) in [6.45, 7) is 1.80. The molecule has 0 aliphatic heterocycles. The lowest BCUT2D eigenvalue weighted by Crippen LogP contribution is -2.00. The number of rotatable bonds is 2. The molecular weight excluding hydrogens is 266 g/mol. The van der Waals surface area contributed by atoms with Crippen LogP contribution in [0.1, 0.15) is 11.4 Å². The minimum Gasteiger partial charge on any atom is -0.463 e. The van der Waals surface area contributed by atoms with Gasteiger partial charge in [0.05, 0.1) is 6.26 Å². The van der Waals surface area contributed by atoms with Gasteiger partial charge in [0, 0.05) is 23.5 Å². The van der Waals surface area contributed by atoms with E-state index in [4.69, 9.17) is 10.2 Å². The summed E-state index contributed by atoms with van der Waals surface area (Å²) in [5, 5.41) is 9.30. The van der Waals surface area contributed by atoms with Crippen LogP contribution in [0.3, 0.4) is 0 Å². The van der Waals surface area contributed by atoms with Crippen molar-refractivity contribution in [2.75, 3.05) is 5.73 Å². The van der Waals surface area contributed by atoms with Gasteiger partial charge in [0.1, 0.15) is 29.0 Å². The Hall–Kier alpha value is -3.20. The summed E-state index contributed by atoms with van der Waals surface area (Å²) >= 11 is 0. The van der Waals surface area contributed by atoms with Gasteiger partial charge in [0.15, 0.2) is 5.76 Å². The second kappa shape index (κ2) is 5.06. The van der Waals surface area contributed by atoms with E-state index in [2.05, 4.69) is 21.0 Å². The van der Waals surface area contributed by atoms with Gasteiger partial charge in [-0.1, -0.05) is 0 Å². The summed E-state index contributed by atoms with van der Waals surface area (Å²) < 4.78 is 5.33. The summed E-state index contributed by atoms with van der Waals surface area (Å²) in [6, 6.07) is 7.37. The van der Waals surface area contributed by atoms with Gasteiger partial charge in [0.25, 0.3) is 0 Å². The first-order valence-corrected chi connectivity index (χ1v) is 6.22. The van der Waals surface area contributed by atoms with Crippen LogP contribution in [0, 0.1) is 18.3 Å². The number of nitrogen functional groups attached to an aromatic ring is 1. The molecular formula is C15H11N5O. The summed E-state index contributed by atoms with van der Waals surface area (Å²) in [4.78, 5) is 12.5. The van der Waals surface area contributed by atoms with Crippen LogP contribution in [0.4, 0.5) is 5.82 Å². The second-order valence-electron chi connectivity index (χ2n) is 4.42. The fraction of sp³-hybridized carbons (Fsp3) is 0.0667. The molecule has 6 heteroatoms. The van der Waals surface area contributed by atoms with Crippen LogP contribution >= 0.6 is 0 Å². The highest BCUT2D eigenvalue weighted by Gasteiger charge is 2.15. The molecule has 0 fully saturated rings. The molecule has 3 aromatic heterocycles. The largest absolute Gasteiger partial charge is 0.463 e. The zero-order valence-electron chi connectivity index (χ0n) is 11.2. The van der Waals surface area contributed by atoms with Gasteiger partial charge >= 0.3 is 0 Å². The van der Waals surface area contributed by atoms with Gasteiger partial charge in [0.2, 0.25) is 0 Å². The molecule has 2 N–H and O–H groups in total. The number of hydrogen-bond donors (Lipinski definition) is 1. The zero-order valence-corrected chi connectivity index (χ0v) is 11.2. The number of furan rings is 1. The van der Waals surface area contributed by atoms with Crippen LogP contribution in [-0.2, 0) is 0 Å². The van der Waals surface area contributed by atoms with Crippen molar-refractivity contribution >= 4 is 5.82 Å². The fourth-order valence-electron chi connectivity index (χ4n) is 1.99. The molecule has 6 nitrogen and oxygen atoms in total. The number of pyridine rings is 1. The van der Waals surface area contributed by atoms with E-state index in [1.165, 1.54) is 0 Å². The van der Waals surface area contributed by atoms with Crippen LogP contribution in [0.5, 0.6) is 0 Å². The molecule has 0 amide bonds. The third-order valence-electron chi connectivity index (χ3n) is 3.02. The monoisotopic (exact) mass is 277 g/mol. The molecule has 3 rings (SSSR count). The first-order chi connectivity index (χ1) is 10.2. The SMILES string of the molecule is Cc1ncc(-c2cc(-c3ccco3)nc(N)c2C#N)cn1. The van der Waals surface area contributed by atoms with E-state index in [1.54, 1.807) is 43.8 Å². The maximum atomic E-state index is 9.30. The minimum atomic E-state index is 0.155. The summed E-state index contributed by atoms with van der Waals surface area (Å²) in [5.41, 5.74) is 8.10. The summed E-state index contributed by atoms with van der Waals surface area (Å²) in [6.07, 6.45) is 4.87. The van der Waals surface area contributed by atoms with Crippen molar-refractivity contribution in [3.63, 3.8) is 0 Å². The van der Waals surface area contributed by atoms with Crippen molar-refractivity contribution in [2.24, 2.45) is 0 Å². The fourth-order valence-corrected chi connectivity index (χ4v) is 1.99. The Kier molecular flexibility index (Phi) is 3.09. The van der Waals surface area contributed by atoms with Crippen molar-refractivity contribution in [3.8, 4) is 28.7 Å². The van der Waals surface area contributed by atoms with Crippen LogP contribution in [0.25, 0.3) is 22.6 Å². The number of nitriles is 1. The normalized spacial score (nSPS) is 10.3. The molecule has 0 unspecified atom stereocenters. The molecule has 0 saturated carbocycles. The average molecular weight is 277 g/mol. The Bertz CT molecular complexity index is 817. The quantitative estimate of drug-likeness (QED) is 0.772. The van der Waals surface area contributed by atoms with Gasteiger partial charge in [-0.25, -0.2) is 15.0 Å². The van der Waals surface area contributed by atoms with E-state index in [1.807, 2.05) is 0 Å². The first kappa shape index (κ1) is 12.8. The Morgan fingerprint density at radius 2 is 2.05 bits per heavy atom. The van der Waals surface area contributed by atoms with Gasteiger partial charge in [-0.05, 0) is 25.1 Å². The Labute approximate surface area is 120 Å². The van der Waals surface area contributed by atoms with Crippen molar-refractivity contribution < 1.29 is 4.42 Å². The van der Waals surface area contributed by atoms with E-state index < -0.39 is 0 Å². The number of nitrogens with two attached hydrogens (primary N) is 1. The van der Waals surface area contributed by atoms with Gasteiger partial charge in [-0.3, -0.25) is 0 Å². The van der Waals surface area contributed by atoms with Crippen molar-refractivity contribution in [3.05, 3.63) is 48.2 Å². The van der Waals surface area contributed by atoms with E-state index in [0.717, 1.165) is 0 Å². The van der Waals surface area contributed by atoms with Crippen LogP contribution < -0.4 is 5.73 Å². The number of hydrogen-bond acceptors (Lipinski definition) is 6. The maximum Gasteiger partial charge on any atom is 0.152 e. The topological polar surface area (TPSA) is 102 Å². The predicted molar refractivity (Wildman–Crippen MR) is 76.8 cm³/mol. The van der Waals surface area contributed by atoms with Crippen molar-refractivity contribution in [1.82, 2.24) is 15.0 Å². The smallest absolute Gasteiger partial charge is 0.152 e. The van der Waals surface area contributed by atoms with Crippen LogP contribution in [0.15, 0.2) is 41.3 Å². The van der Waals surface area contributed by atoms with Gasteiger partial charge in [-0.2, -0.15) is 5.26 Å². The molecule has 0 aliphatic carbocycles. The molecule has 3 aromatic rings. The van der Waals surface area contributed by atoms with E-state index in [9.17, 15) is 5.26 Å². The average Bonchev–Trinajstić information content (AvgIpc) is 3.01. The molecule has 0 bridgehead atoms. The maximum absolute atomic E-state index is 9.30. The molecule has 102 valence electrons. The first-order valence-electron chi connectivity index (χ1n) is 6.22. The lowest BCUT2D eigenvalue weighted by Gasteiger charge is -2.08. The van der Waals surface area contributed by atoms with E-state index in [0.29, 0.717) is 34.0 Å². The number of nitrogens with zero attached hydrogens (tertiary/aromatic N) is 4. The lowest BCUT2D eigenvalue weighted by molar-refractivity contribution is 0.580. The third kappa shape index (κ3) is 2.32. The standard InChI is InChI=1S/C15H11N5O/c1-9-18-7-10(8-19-9)11-5-13(14-3-2-4-21-14)20-15(17)12(11)6-16/h2-5,7-8H,1H3,(H2,17,20). The number of aryl methyl sites for hydroxylation is 1. The van der Waals surface area contributed by atoms with Crippen LogP contribution in [-0.4, -0.2) is 15.0 Å². The highest BCUT2D eigenvalue weighted by Crippen LogP contribution is 2.30. The summed E-state index contributed by atoms with van der Waals surface area (Å²) in [7, 11) is 0. The second-order valence-corrected chi connectivity index (χ2v) is 4.42. The van der Waals surface area contributed by atoms with E-state index in [-0.39, 0.29) is 5.82 Å². The van der Waals surface area contributed by atoms with Crippen molar-refractivity contribution in [2.45, 2.75) is 6.92 Å². The molecule has 3 heterocycles. The highest BCUT2D eigenvalue weighted by molar-refractivity contribution is 5.78.